The Morgan fingerprint density at radius 1 is 1.24 bits per heavy atom. The van der Waals surface area contributed by atoms with Gasteiger partial charge in [0.1, 0.15) is 0 Å². The molecule has 1 spiro atoms. The van der Waals surface area contributed by atoms with Gasteiger partial charge in [-0.3, -0.25) is 4.79 Å². The van der Waals surface area contributed by atoms with E-state index < -0.39 is 22.7 Å². The van der Waals surface area contributed by atoms with E-state index in [1.54, 1.807) is 0 Å². The second-order valence-corrected chi connectivity index (χ2v) is 7.38. The average Bonchev–Trinajstić information content (AvgIpc) is 2.88. The first-order chi connectivity index (χ1) is 9.77. The summed E-state index contributed by atoms with van der Waals surface area (Å²) in [5, 5.41) is 0. The van der Waals surface area contributed by atoms with Crippen molar-refractivity contribution >= 4 is 5.78 Å². The zero-order valence-electron chi connectivity index (χ0n) is 13.2. The highest BCUT2D eigenvalue weighted by Gasteiger charge is 2.66. The Bertz CT molecular complexity index is 551. The number of nitrogens with zero attached hydrogens (tertiary/aromatic N) is 1. The van der Waals surface area contributed by atoms with Crippen LogP contribution in [0.15, 0.2) is 11.6 Å². The number of fused-ring (bicyclic) bond motifs is 2. The number of hydrogen-bond acceptors (Lipinski definition) is 3. The molecule has 1 saturated carbocycles. The molecule has 2 aliphatic carbocycles. The van der Waals surface area contributed by atoms with Crippen LogP contribution in [0.25, 0.3) is 4.85 Å². The van der Waals surface area contributed by atoms with E-state index in [2.05, 4.69) is 24.8 Å². The van der Waals surface area contributed by atoms with Crippen LogP contribution >= 0.6 is 0 Å². The topological polar surface area (TPSA) is 39.9 Å². The molecule has 0 radical (unpaired) electrons. The molecule has 114 valence electrons. The van der Waals surface area contributed by atoms with Crippen LogP contribution in [0.2, 0.25) is 0 Å². The lowest BCUT2D eigenvalue weighted by Gasteiger charge is -2.55. The molecule has 0 aromatic rings. The van der Waals surface area contributed by atoms with Crippen molar-refractivity contribution < 1.29 is 14.3 Å². The first-order valence-electron chi connectivity index (χ1n) is 7.68. The SMILES string of the molecule is [C-]#[N+]C1C[C@@]2(C)C(=C[C@@H](C)CC23OCCO3)C(C)(C)C1=O. The molecule has 1 aliphatic heterocycles. The van der Waals surface area contributed by atoms with Gasteiger partial charge in [0.05, 0.1) is 24.0 Å². The third-order valence-electron chi connectivity index (χ3n) is 5.58. The number of Topliss-reactive ketones (excluding diaryl/α,β-unsaturated/α-hetero) is 1. The van der Waals surface area contributed by atoms with Crippen molar-refractivity contribution in [1.29, 1.82) is 0 Å². The first kappa shape index (κ1) is 14.7. The van der Waals surface area contributed by atoms with E-state index in [-0.39, 0.29) is 5.78 Å². The van der Waals surface area contributed by atoms with Crippen LogP contribution in [0.3, 0.4) is 0 Å². The molecule has 1 unspecified atom stereocenters. The van der Waals surface area contributed by atoms with Crippen molar-refractivity contribution in [3.8, 4) is 0 Å². The molecule has 21 heavy (non-hydrogen) atoms. The van der Waals surface area contributed by atoms with E-state index in [1.165, 1.54) is 0 Å². The number of allylic oxidation sites excluding steroid dienone is 1. The Morgan fingerprint density at radius 3 is 2.43 bits per heavy atom. The molecule has 1 heterocycles. The summed E-state index contributed by atoms with van der Waals surface area (Å²) in [6.07, 6.45) is 3.51. The Kier molecular flexibility index (Phi) is 3.10. The highest BCUT2D eigenvalue weighted by atomic mass is 16.7. The van der Waals surface area contributed by atoms with Crippen LogP contribution in [-0.4, -0.2) is 30.8 Å². The van der Waals surface area contributed by atoms with Crippen LogP contribution in [0.1, 0.15) is 40.5 Å². The Labute approximate surface area is 126 Å². The molecule has 0 amide bonds. The lowest BCUT2D eigenvalue weighted by molar-refractivity contribution is -0.242. The monoisotopic (exact) mass is 289 g/mol. The normalized spacial score (nSPS) is 40.5. The largest absolute Gasteiger partial charge is 0.347 e. The summed E-state index contributed by atoms with van der Waals surface area (Å²) in [5.41, 5.74) is 0.0718. The molecule has 4 heteroatoms. The van der Waals surface area contributed by atoms with Crippen molar-refractivity contribution in [2.45, 2.75) is 52.4 Å². The molecule has 0 bridgehead atoms. The quantitative estimate of drug-likeness (QED) is 0.508. The number of hydrogen-bond donors (Lipinski definition) is 0. The number of rotatable bonds is 0. The van der Waals surface area contributed by atoms with E-state index in [9.17, 15) is 4.79 Å². The molecule has 0 aromatic heterocycles. The van der Waals surface area contributed by atoms with E-state index >= 15 is 0 Å². The minimum atomic E-state index is -0.669. The molecule has 0 N–H and O–H groups in total. The van der Waals surface area contributed by atoms with Gasteiger partial charge in [0.25, 0.3) is 6.04 Å². The predicted molar refractivity (Wildman–Crippen MR) is 78.4 cm³/mol. The van der Waals surface area contributed by atoms with Gasteiger partial charge in [0, 0.05) is 12.8 Å². The van der Waals surface area contributed by atoms with Gasteiger partial charge >= 0.3 is 0 Å². The fourth-order valence-electron chi connectivity index (χ4n) is 4.57. The van der Waals surface area contributed by atoms with Gasteiger partial charge in [-0.05, 0) is 25.3 Å². The Balaban J connectivity index is 2.18. The van der Waals surface area contributed by atoms with Crippen LogP contribution in [-0.2, 0) is 14.3 Å². The van der Waals surface area contributed by atoms with Gasteiger partial charge in [-0.1, -0.05) is 19.9 Å². The van der Waals surface area contributed by atoms with Crippen molar-refractivity contribution in [2.24, 2.45) is 16.7 Å². The molecular weight excluding hydrogens is 266 g/mol. The second-order valence-electron chi connectivity index (χ2n) is 7.38. The fraction of sp³-hybridized carbons (Fsp3) is 0.765. The third kappa shape index (κ3) is 1.77. The van der Waals surface area contributed by atoms with Gasteiger partial charge in [-0.15, -0.1) is 0 Å². The zero-order valence-corrected chi connectivity index (χ0v) is 13.2. The maximum absolute atomic E-state index is 12.6. The lowest BCUT2D eigenvalue weighted by Crippen LogP contribution is -2.60. The standard InChI is InChI=1S/C17H23NO3/c1-11-8-13-15(2,3)14(19)12(18-5)10-16(13,4)17(9-11)20-6-7-21-17/h8,11-12H,6-7,9-10H2,1-4H3/t11-,12?,16+/m1/s1. The summed E-state index contributed by atoms with van der Waals surface area (Å²) < 4.78 is 12.1. The molecule has 1 saturated heterocycles. The number of ether oxygens (including phenoxy) is 2. The number of carbonyl (C=O) groups excluding carboxylic acids is 1. The highest BCUT2D eigenvalue weighted by Crippen LogP contribution is 2.61. The summed E-state index contributed by atoms with van der Waals surface area (Å²) in [5.74, 6) is -0.330. The van der Waals surface area contributed by atoms with E-state index in [1.807, 2.05) is 13.8 Å². The van der Waals surface area contributed by atoms with Gasteiger partial charge in [-0.2, -0.15) is 0 Å². The van der Waals surface area contributed by atoms with Gasteiger partial charge in [0.15, 0.2) is 5.79 Å². The van der Waals surface area contributed by atoms with Gasteiger partial charge < -0.3 is 14.3 Å². The molecule has 3 atom stereocenters. The summed E-state index contributed by atoms with van der Waals surface area (Å²) in [4.78, 5) is 16.2. The number of carbonyl (C=O) groups is 1. The molecule has 2 fully saturated rings. The Hall–Kier alpha value is -1.18. The maximum atomic E-state index is 12.6. The Morgan fingerprint density at radius 2 is 1.86 bits per heavy atom. The fourth-order valence-corrected chi connectivity index (χ4v) is 4.57. The molecule has 0 aromatic carbocycles. The maximum Gasteiger partial charge on any atom is 0.282 e. The minimum absolute atomic E-state index is 0.0310. The van der Waals surface area contributed by atoms with E-state index in [4.69, 9.17) is 16.0 Å². The average molecular weight is 289 g/mol. The van der Waals surface area contributed by atoms with Crippen LogP contribution in [0.4, 0.5) is 0 Å². The van der Waals surface area contributed by atoms with Gasteiger partial charge in [-0.25, -0.2) is 6.57 Å². The molecule has 3 rings (SSSR count). The summed E-state index contributed by atoms with van der Waals surface area (Å²) in [6, 6.07) is -0.597. The van der Waals surface area contributed by atoms with Crippen LogP contribution in [0, 0.1) is 23.3 Å². The van der Waals surface area contributed by atoms with E-state index in [0.29, 0.717) is 25.6 Å². The van der Waals surface area contributed by atoms with Crippen molar-refractivity contribution in [2.75, 3.05) is 13.2 Å². The zero-order chi connectivity index (χ0) is 15.5. The summed E-state index contributed by atoms with van der Waals surface area (Å²) in [7, 11) is 0. The minimum Gasteiger partial charge on any atom is -0.347 e. The lowest BCUT2D eigenvalue weighted by atomic mass is 9.52. The smallest absolute Gasteiger partial charge is 0.282 e. The van der Waals surface area contributed by atoms with Crippen molar-refractivity contribution in [3.63, 3.8) is 0 Å². The molecular formula is C17H23NO3. The number of ketones is 1. The van der Waals surface area contributed by atoms with E-state index in [0.717, 1.165) is 12.0 Å². The first-order valence-corrected chi connectivity index (χ1v) is 7.68. The van der Waals surface area contributed by atoms with Crippen LogP contribution in [0.5, 0.6) is 0 Å². The summed E-state index contributed by atoms with van der Waals surface area (Å²) in [6.45, 7) is 16.7. The predicted octanol–water partition coefficient (Wildman–Crippen LogP) is 2.99. The third-order valence-corrected chi connectivity index (χ3v) is 5.58. The van der Waals surface area contributed by atoms with Crippen LogP contribution < -0.4 is 0 Å². The second kappa shape index (κ2) is 4.41. The molecule has 3 aliphatic rings. The summed E-state index contributed by atoms with van der Waals surface area (Å²) >= 11 is 0. The van der Waals surface area contributed by atoms with Crippen molar-refractivity contribution in [3.05, 3.63) is 23.1 Å². The van der Waals surface area contributed by atoms with Gasteiger partial charge in [0.2, 0.25) is 5.78 Å². The van der Waals surface area contributed by atoms with Crippen molar-refractivity contribution in [1.82, 2.24) is 0 Å². The highest BCUT2D eigenvalue weighted by molar-refractivity contribution is 5.95. The molecule has 4 nitrogen and oxygen atoms in total.